The average molecular weight is 265 g/mol. The molecule has 0 bridgehead atoms. The van der Waals surface area contributed by atoms with Crippen LogP contribution in [0.5, 0.6) is 5.75 Å². The maximum absolute atomic E-state index is 10.8. The van der Waals surface area contributed by atoms with Gasteiger partial charge in [0.25, 0.3) is 0 Å². The summed E-state index contributed by atoms with van der Waals surface area (Å²) in [6, 6.07) is 7.17. The van der Waals surface area contributed by atoms with E-state index in [0.29, 0.717) is 18.4 Å². The topological polar surface area (TPSA) is 49.8 Å². The van der Waals surface area contributed by atoms with Crippen molar-refractivity contribution in [2.24, 2.45) is 0 Å². The zero-order valence-electron chi connectivity index (χ0n) is 11.9. The molecule has 0 aliphatic carbocycles. The first kappa shape index (κ1) is 15.5. The van der Waals surface area contributed by atoms with E-state index in [4.69, 9.17) is 9.84 Å². The third-order valence-electron chi connectivity index (χ3n) is 3.36. The number of nitrogens with zero attached hydrogens (tertiary/aromatic N) is 1. The van der Waals surface area contributed by atoms with E-state index in [9.17, 15) is 4.79 Å². The zero-order valence-corrected chi connectivity index (χ0v) is 11.9. The highest BCUT2D eigenvalue weighted by Gasteiger charge is 2.10. The number of benzene rings is 1. The number of likely N-dealkylation sites (N-methyl/N-ethyl adjacent to an activating group) is 1. The van der Waals surface area contributed by atoms with Crippen LogP contribution < -0.4 is 4.74 Å². The predicted molar refractivity (Wildman–Crippen MR) is 75.9 cm³/mol. The molecule has 0 heterocycles. The molecule has 0 saturated heterocycles. The summed E-state index contributed by atoms with van der Waals surface area (Å²) in [7, 11) is 2.09. The van der Waals surface area contributed by atoms with Crippen LogP contribution in [-0.2, 0) is 0 Å². The Morgan fingerprint density at radius 2 is 2.05 bits per heavy atom. The lowest BCUT2D eigenvalue weighted by Gasteiger charge is -2.25. The monoisotopic (exact) mass is 265 g/mol. The van der Waals surface area contributed by atoms with Crippen molar-refractivity contribution in [1.29, 1.82) is 0 Å². The van der Waals surface area contributed by atoms with Gasteiger partial charge in [-0.3, -0.25) is 0 Å². The van der Waals surface area contributed by atoms with Crippen LogP contribution in [0.3, 0.4) is 0 Å². The fourth-order valence-electron chi connectivity index (χ4n) is 2.12. The number of hydrogen-bond acceptors (Lipinski definition) is 3. The highest BCUT2D eigenvalue weighted by Crippen LogP contribution is 2.13. The lowest BCUT2D eigenvalue weighted by molar-refractivity contribution is 0.0696. The van der Waals surface area contributed by atoms with Gasteiger partial charge in [0.1, 0.15) is 12.4 Å². The van der Waals surface area contributed by atoms with Crippen LogP contribution in [-0.4, -0.2) is 42.2 Å². The summed E-state index contributed by atoms with van der Waals surface area (Å²) in [6.07, 6.45) is 2.25. The molecular formula is C15H23NO3. The highest BCUT2D eigenvalue weighted by molar-refractivity contribution is 5.87. The molecule has 0 amide bonds. The molecule has 1 N–H and O–H groups in total. The van der Waals surface area contributed by atoms with Crippen molar-refractivity contribution in [3.63, 3.8) is 0 Å². The molecule has 0 atom stereocenters. The van der Waals surface area contributed by atoms with E-state index in [1.807, 2.05) is 0 Å². The van der Waals surface area contributed by atoms with Crippen molar-refractivity contribution in [3.05, 3.63) is 29.8 Å². The third-order valence-corrected chi connectivity index (χ3v) is 3.36. The van der Waals surface area contributed by atoms with Crippen molar-refractivity contribution < 1.29 is 14.6 Å². The standard InChI is InChI=1S/C15H23NO3/c1-4-13(5-2)16(3)9-10-19-14-8-6-7-12(11-14)15(17)18/h6-8,11,13H,4-5,9-10H2,1-3H3,(H,17,18). The molecule has 19 heavy (non-hydrogen) atoms. The summed E-state index contributed by atoms with van der Waals surface area (Å²) in [5.41, 5.74) is 0.255. The number of carboxylic acids is 1. The van der Waals surface area contributed by atoms with Crippen molar-refractivity contribution in [1.82, 2.24) is 4.90 Å². The van der Waals surface area contributed by atoms with Gasteiger partial charge in [-0.05, 0) is 38.1 Å². The van der Waals surface area contributed by atoms with E-state index in [0.717, 1.165) is 19.4 Å². The second-order valence-corrected chi connectivity index (χ2v) is 4.63. The van der Waals surface area contributed by atoms with Gasteiger partial charge in [-0.1, -0.05) is 19.9 Å². The maximum Gasteiger partial charge on any atom is 0.335 e. The number of rotatable bonds is 8. The minimum atomic E-state index is -0.931. The van der Waals surface area contributed by atoms with Gasteiger partial charge in [0.15, 0.2) is 0 Å². The minimum Gasteiger partial charge on any atom is -0.492 e. The van der Waals surface area contributed by atoms with E-state index in [2.05, 4.69) is 25.8 Å². The summed E-state index contributed by atoms with van der Waals surface area (Å²) in [5.74, 6) is -0.322. The lowest BCUT2D eigenvalue weighted by atomic mass is 10.1. The number of aromatic carboxylic acids is 1. The van der Waals surface area contributed by atoms with Gasteiger partial charge in [-0.15, -0.1) is 0 Å². The highest BCUT2D eigenvalue weighted by atomic mass is 16.5. The molecule has 0 fully saturated rings. The van der Waals surface area contributed by atoms with Gasteiger partial charge < -0.3 is 14.7 Å². The first-order valence-corrected chi connectivity index (χ1v) is 6.74. The van der Waals surface area contributed by atoms with E-state index in [1.165, 1.54) is 0 Å². The van der Waals surface area contributed by atoms with Gasteiger partial charge in [-0.25, -0.2) is 4.79 Å². The smallest absolute Gasteiger partial charge is 0.335 e. The Balaban J connectivity index is 2.45. The molecule has 0 aromatic heterocycles. The molecule has 0 unspecified atom stereocenters. The number of hydrogen-bond donors (Lipinski definition) is 1. The van der Waals surface area contributed by atoms with Crippen LogP contribution in [0.15, 0.2) is 24.3 Å². The Kier molecular flexibility index (Phi) is 6.36. The van der Waals surface area contributed by atoms with Crippen molar-refractivity contribution in [3.8, 4) is 5.75 Å². The van der Waals surface area contributed by atoms with Gasteiger partial charge in [0, 0.05) is 12.6 Å². The largest absolute Gasteiger partial charge is 0.492 e. The summed E-state index contributed by atoms with van der Waals surface area (Å²) < 4.78 is 5.60. The van der Waals surface area contributed by atoms with Crippen molar-refractivity contribution in [2.75, 3.05) is 20.2 Å². The Morgan fingerprint density at radius 1 is 1.37 bits per heavy atom. The Bertz CT molecular complexity index is 402. The van der Waals surface area contributed by atoms with Crippen molar-refractivity contribution in [2.45, 2.75) is 32.7 Å². The Labute approximate surface area is 115 Å². The van der Waals surface area contributed by atoms with Gasteiger partial charge >= 0.3 is 5.97 Å². The second kappa shape index (κ2) is 7.79. The van der Waals surface area contributed by atoms with Gasteiger partial charge in [-0.2, -0.15) is 0 Å². The fourth-order valence-corrected chi connectivity index (χ4v) is 2.12. The van der Waals surface area contributed by atoms with Crippen LogP contribution in [0.25, 0.3) is 0 Å². The van der Waals surface area contributed by atoms with Crippen LogP contribution >= 0.6 is 0 Å². The molecule has 4 nitrogen and oxygen atoms in total. The average Bonchev–Trinajstić information content (AvgIpc) is 2.40. The summed E-state index contributed by atoms with van der Waals surface area (Å²) >= 11 is 0. The molecule has 1 aromatic rings. The molecule has 0 aliphatic heterocycles. The van der Waals surface area contributed by atoms with Crippen LogP contribution in [0.4, 0.5) is 0 Å². The Morgan fingerprint density at radius 3 is 2.63 bits per heavy atom. The lowest BCUT2D eigenvalue weighted by Crippen LogP contribution is -2.34. The fraction of sp³-hybridized carbons (Fsp3) is 0.533. The van der Waals surface area contributed by atoms with Crippen LogP contribution in [0.2, 0.25) is 0 Å². The molecule has 106 valence electrons. The minimum absolute atomic E-state index is 0.255. The molecule has 0 aliphatic rings. The normalized spacial score (nSPS) is 11.0. The molecule has 1 aromatic carbocycles. The van der Waals surface area contributed by atoms with E-state index < -0.39 is 5.97 Å². The summed E-state index contributed by atoms with van der Waals surface area (Å²) in [4.78, 5) is 13.1. The molecular weight excluding hydrogens is 242 g/mol. The SMILES string of the molecule is CCC(CC)N(C)CCOc1cccc(C(=O)O)c1. The van der Waals surface area contributed by atoms with E-state index in [1.54, 1.807) is 24.3 Å². The molecule has 0 saturated carbocycles. The molecule has 4 heteroatoms. The van der Waals surface area contributed by atoms with E-state index >= 15 is 0 Å². The Hall–Kier alpha value is -1.55. The quantitative estimate of drug-likeness (QED) is 0.785. The number of carbonyl (C=O) groups is 1. The maximum atomic E-state index is 10.8. The van der Waals surface area contributed by atoms with Gasteiger partial charge in [0.2, 0.25) is 0 Å². The molecule has 0 spiro atoms. The first-order chi connectivity index (χ1) is 9.08. The zero-order chi connectivity index (χ0) is 14.3. The van der Waals surface area contributed by atoms with E-state index in [-0.39, 0.29) is 5.56 Å². The van der Waals surface area contributed by atoms with Crippen LogP contribution in [0.1, 0.15) is 37.0 Å². The first-order valence-electron chi connectivity index (χ1n) is 6.74. The molecule has 1 rings (SSSR count). The third kappa shape index (κ3) is 4.91. The molecule has 0 radical (unpaired) electrons. The number of carboxylic acid groups (broad SMARTS) is 1. The summed E-state index contributed by atoms with van der Waals surface area (Å²) in [6.45, 7) is 5.77. The van der Waals surface area contributed by atoms with Gasteiger partial charge in [0.05, 0.1) is 5.56 Å². The van der Waals surface area contributed by atoms with Crippen molar-refractivity contribution >= 4 is 5.97 Å². The second-order valence-electron chi connectivity index (χ2n) is 4.63. The predicted octanol–water partition coefficient (Wildman–Crippen LogP) is 2.88. The number of ether oxygens (including phenoxy) is 1. The summed E-state index contributed by atoms with van der Waals surface area (Å²) in [5, 5.41) is 8.90. The van der Waals surface area contributed by atoms with Crippen LogP contribution in [0, 0.1) is 0 Å².